The van der Waals surface area contributed by atoms with Crippen molar-refractivity contribution in [3.05, 3.63) is 42.5 Å². The van der Waals surface area contributed by atoms with Crippen LogP contribution in [0.2, 0.25) is 0 Å². The van der Waals surface area contributed by atoms with Gasteiger partial charge in [-0.3, -0.25) is 14.8 Å². The fourth-order valence-electron chi connectivity index (χ4n) is 2.10. The Bertz CT molecular complexity index is 673. The normalized spacial score (nSPS) is 10.1. The van der Waals surface area contributed by atoms with E-state index in [0.29, 0.717) is 13.2 Å². The molecule has 0 aliphatic carbocycles. The summed E-state index contributed by atoms with van der Waals surface area (Å²) in [5.74, 6) is -0.331. The van der Waals surface area contributed by atoms with Crippen LogP contribution < -0.4 is 5.62 Å². The van der Waals surface area contributed by atoms with Crippen LogP contribution in [0.25, 0.3) is 11.0 Å². The minimum Gasteiger partial charge on any atom is -0.465 e. The van der Waals surface area contributed by atoms with Gasteiger partial charge in [0.1, 0.15) is 6.54 Å². The van der Waals surface area contributed by atoms with Crippen LogP contribution in [-0.4, -0.2) is 21.7 Å². The molecule has 0 bridgehead atoms. The summed E-state index contributed by atoms with van der Waals surface area (Å²) in [7, 11) is 0. The van der Waals surface area contributed by atoms with Gasteiger partial charge in [0, 0.05) is 6.54 Å². The molecular formula is C14H18BrN3O2. The van der Waals surface area contributed by atoms with Crippen LogP contribution in [0.4, 0.5) is 0 Å². The Morgan fingerprint density at radius 1 is 1.35 bits per heavy atom. The number of hydrogen-bond acceptors (Lipinski definition) is 3. The molecule has 0 aliphatic rings. The lowest BCUT2D eigenvalue weighted by atomic mass is 10.3. The minimum absolute atomic E-state index is 0. The fraction of sp³-hybridized carbons (Fsp3) is 0.286. The number of nitrogens with zero attached hydrogens (tertiary/aromatic N) is 2. The number of aromatic nitrogens is 2. The lowest BCUT2D eigenvalue weighted by molar-refractivity contribution is -0.143. The molecule has 0 atom stereocenters. The number of hydrogen-bond donors (Lipinski definition) is 1. The second kappa shape index (κ2) is 7.09. The maximum atomic E-state index is 11.6. The molecule has 1 N–H and O–H groups in total. The third kappa shape index (κ3) is 3.01. The maximum Gasteiger partial charge on any atom is 0.326 e. The van der Waals surface area contributed by atoms with E-state index in [0.717, 1.165) is 11.0 Å². The van der Waals surface area contributed by atoms with Crippen LogP contribution in [0.5, 0.6) is 0 Å². The van der Waals surface area contributed by atoms with Crippen LogP contribution in [0, 0.1) is 5.41 Å². The van der Waals surface area contributed by atoms with E-state index in [2.05, 4.69) is 6.58 Å². The third-order valence-electron chi connectivity index (χ3n) is 2.88. The molecule has 0 saturated carbocycles. The predicted octanol–water partition coefficient (Wildman–Crippen LogP) is 2.25. The Hall–Kier alpha value is -1.82. The number of rotatable bonds is 5. The smallest absolute Gasteiger partial charge is 0.326 e. The number of halogens is 1. The summed E-state index contributed by atoms with van der Waals surface area (Å²) in [4.78, 5) is 11.6. The quantitative estimate of drug-likeness (QED) is 0.670. The number of para-hydroxylation sites is 2. The fourth-order valence-corrected chi connectivity index (χ4v) is 2.10. The van der Waals surface area contributed by atoms with Gasteiger partial charge >= 0.3 is 5.97 Å². The van der Waals surface area contributed by atoms with E-state index >= 15 is 0 Å². The molecule has 0 fully saturated rings. The van der Waals surface area contributed by atoms with E-state index in [-0.39, 0.29) is 35.1 Å². The van der Waals surface area contributed by atoms with Crippen molar-refractivity contribution in [3.8, 4) is 0 Å². The van der Waals surface area contributed by atoms with Crippen LogP contribution in [0.3, 0.4) is 0 Å². The van der Waals surface area contributed by atoms with Gasteiger partial charge in [0.15, 0.2) is 0 Å². The number of benzene rings is 1. The second-order valence-corrected chi connectivity index (χ2v) is 4.10. The summed E-state index contributed by atoms with van der Waals surface area (Å²) in [6, 6.07) is 7.63. The zero-order valence-corrected chi connectivity index (χ0v) is 13.0. The number of allylic oxidation sites excluding steroid dienone is 1. The van der Waals surface area contributed by atoms with Crippen molar-refractivity contribution in [1.29, 1.82) is 5.41 Å². The number of carbonyl (C=O) groups is 1. The highest BCUT2D eigenvalue weighted by Gasteiger charge is 2.12. The Morgan fingerprint density at radius 3 is 2.50 bits per heavy atom. The third-order valence-corrected chi connectivity index (χ3v) is 2.88. The lowest BCUT2D eigenvalue weighted by Gasteiger charge is -2.04. The number of fused-ring (bicyclic) bond motifs is 1. The van der Waals surface area contributed by atoms with Gasteiger partial charge in [0.2, 0.25) is 5.62 Å². The number of nitrogens with one attached hydrogen (secondary N) is 1. The summed E-state index contributed by atoms with van der Waals surface area (Å²) >= 11 is 0. The molecule has 5 nitrogen and oxygen atoms in total. The largest absolute Gasteiger partial charge is 0.465 e. The summed E-state index contributed by atoms with van der Waals surface area (Å²) < 4.78 is 8.40. The van der Waals surface area contributed by atoms with Gasteiger partial charge in [0.05, 0.1) is 17.6 Å². The van der Waals surface area contributed by atoms with Gasteiger partial charge in [-0.15, -0.1) is 23.6 Å². The van der Waals surface area contributed by atoms with Gasteiger partial charge in [0.25, 0.3) is 0 Å². The summed E-state index contributed by atoms with van der Waals surface area (Å²) in [5.41, 5.74) is 2.04. The van der Waals surface area contributed by atoms with Gasteiger partial charge in [-0.1, -0.05) is 18.2 Å². The van der Waals surface area contributed by atoms with E-state index in [9.17, 15) is 4.79 Å². The monoisotopic (exact) mass is 339 g/mol. The molecule has 0 unspecified atom stereocenters. The first-order valence-electron chi connectivity index (χ1n) is 6.18. The number of esters is 1. The van der Waals surface area contributed by atoms with E-state index in [4.69, 9.17) is 10.1 Å². The molecule has 0 radical (unpaired) electrons. The van der Waals surface area contributed by atoms with Gasteiger partial charge in [-0.05, 0) is 19.1 Å². The van der Waals surface area contributed by atoms with Crippen molar-refractivity contribution in [2.24, 2.45) is 0 Å². The Kier molecular flexibility index (Phi) is 5.76. The highest BCUT2D eigenvalue weighted by molar-refractivity contribution is 8.93. The Morgan fingerprint density at radius 2 is 1.95 bits per heavy atom. The molecule has 0 amide bonds. The van der Waals surface area contributed by atoms with Crippen LogP contribution in [-0.2, 0) is 22.6 Å². The molecule has 1 aromatic heterocycles. The zero-order chi connectivity index (χ0) is 13.8. The highest BCUT2D eigenvalue weighted by Crippen LogP contribution is 2.12. The average Bonchev–Trinajstić information content (AvgIpc) is 2.66. The molecule has 20 heavy (non-hydrogen) atoms. The Balaban J connectivity index is 0.00000200. The van der Waals surface area contributed by atoms with E-state index in [1.54, 1.807) is 17.6 Å². The molecule has 6 heteroatoms. The van der Waals surface area contributed by atoms with E-state index < -0.39 is 0 Å². The van der Waals surface area contributed by atoms with Gasteiger partial charge < -0.3 is 9.30 Å². The van der Waals surface area contributed by atoms with E-state index in [1.165, 1.54) is 0 Å². The van der Waals surface area contributed by atoms with Crippen molar-refractivity contribution in [2.75, 3.05) is 6.61 Å². The highest BCUT2D eigenvalue weighted by atomic mass is 79.9. The topological polar surface area (TPSA) is 60.0 Å². The predicted molar refractivity (Wildman–Crippen MR) is 82.9 cm³/mol. The molecule has 1 heterocycles. The molecule has 0 spiro atoms. The molecular weight excluding hydrogens is 322 g/mol. The molecule has 0 aliphatic heterocycles. The Labute approximate surface area is 127 Å². The molecule has 0 saturated heterocycles. The number of carbonyl (C=O) groups excluding carboxylic acids is 1. The molecule has 1 aromatic carbocycles. The van der Waals surface area contributed by atoms with Crippen molar-refractivity contribution in [2.45, 2.75) is 20.0 Å². The summed E-state index contributed by atoms with van der Waals surface area (Å²) in [5, 5.41) is 8.17. The lowest BCUT2D eigenvalue weighted by Crippen LogP contribution is -2.27. The van der Waals surface area contributed by atoms with Crippen molar-refractivity contribution in [1.82, 2.24) is 9.13 Å². The number of imidazole rings is 1. The van der Waals surface area contributed by atoms with E-state index in [1.807, 2.05) is 28.8 Å². The zero-order valence-electron chi connectivity index (χ0n) is 11.3. The molecule has 108 valence electrons. The van der Waals surface area contributed by atoms with Crippen molar-refractivity contribution in [3.63, 3.8) is 0 Å². The summed E-state index contributed by atoms with van der Waals surface area (Å²) in [6.07, 6.45) is 1.74. The van der Waals surface area contributed by atoms with Gasteiger partial charge in [-0.25, -0.2) is 0 Å². The first-order valence-corrected chi connectivity index (χ1v) is 6.18. The van der Waals surface area contributed by atoms with Crippen LogP contribution in [0.15, 0.2) is 36.9 Å². The van der Waals surface area contributed by atoms with Crippen molar-refractivity contribution < 1.29 is 9.53 Å². The van der Waals surface area contributed by atoms with Crippen LogP contribution in [0.1, 0.15) is 6.92 Å². The maximum absolute atomic E-state index is 11.6. The van der Waals surface area contributed by atoms with Crippen molar-refractivity contribution >= 4 is 34.0 Å². The number of ether oxygens (including phenoxy) is 1. The average molecular weight is 340 g/mol. The van der Waals surface area contributed by atoms with Crippen LogP contribution >= 0.6 is 17.0 Å². The minimum atomic E-state index is -0.331. The van der Waals surface area contributed by atoms with Gasteiger partial charge in [-0.2, -0.15) is 0 Å². The first kappa shape index (κ1) is 16.2. The SMILES string of the molecule is Br.C=CCn1c(=N)n(CC(=O)OCC)c2ccccc21. The second-order valence-electron chi connectivity index (χ2n) is 4.10. The standard InChI is InChI=1S/C14H17N3O2.BrH/c1-3-9-16-11-7-5-6-8-12(11)17(14(16)15)10-13(18)19-4-2;/h3,5-8,15H,1,4,9-10H2,2H3;1H. The molecule has 2 rings (SSSR count). The summed E-state index contributed by atoms with van der Waals surface area (Å²) in [6.45, 7) is 6.40. The molecule has 2 aromatic rings. The first-order chi connectivity index (χ1) is 9.19.